The molecule has 0 aliphatic rings. The fraction of sp³-hybridized carbons (Fsp3) is 0.278. The number of likely N-dealkylation sites (N-methyl/N-ethyl adjacent to an activating group) is 1. The number of methoxy groups -OCH3 is 2. The Balaban J connectivity index is 1.67. The molecule has 0 aliphatic carbocycles. The van der Waals surface area contributed by atoms with Gasteiger partial charge in [-0.05, 0) is 85.6 Å². The Morgan fingerprint density at radius 2 is 1.39 bits per heavy atom. The van der Waals surface area contributed by atoms with Crippen LogP contribution in [-0.4, -0.2) is 51.3 Å². The lowest BCUT2D eigenvalue weighted by atomic mass is 9.88. The molecule has 8 nitrogen and oxygen atoms in total. The second-order valence-corrected chi connectivity index (χ2v) is 10.6. The van der Waals surface area contributed by atoms with Crippen LogP contribution >= 0.6 is 0 Å². The minimum atomic E-state index is -0.619. The van der Waals surface area contributed by atoms with Crippen LogP contribution in [0.15, 0.2) is 91.0 Å². The second-order valence-electron chi connectivity index (χ2n) is 10.6. The number of hydrogen-bond donors (Lipinski definition) is 0. The highest BCUT2D eigenvalue weighted by Gasteiger charge is 2.25. The minimum absolute atomic E-state index is 0.0958. The van der Waals surface area contributed by atoms with E-state index in [1.807, 2.05) is 56.6 Å². The van der Waals surface area contributed by atoms with E-state index in [9.17, 15) is 10.1 Å². The zero-order chi connectivity index (χ0) is 31.6. The highest BCUT2D eigenvalue weighted by molar-refractivity contribution is 5.98. The zero-order valence-corrected chi connectivity index (χ0v) is 26.2. The smallest absolute Gasteiger partial charge is 0.280 e. The third-order valence-corrected chi connectivity index (χ3v) is 7.35. The number of nitrogens with zero attached hydrogens (tertiary/aromatic N) is 2. The van der Waals surface area contributed by atoms with Gasteiger partial charge in [-0.3, -0.25) is 10.1 Å². The summed E-state index contributed by atoms with van der Waals surface area (Å²) in [6.45, 7) is 5.40. The second kappa shape index (κ2) is 15.1. The number of benzene rings is 4. The van der Waals surface area contributed by atoms with Gasteiger partial charge in [0, 0.05) is 6.54 Å². The first-order chi connectivity index (χ1) is 21.2. The molecule has 4 aromatic rings. The summed E-state index contributed by atoms with van der Waals surface area (Å²) >= 11 is 0. The summed E-state index contributed by atoms with van der Waals surface area (Å²) in [6, 6.07) is 29.4. The van der Waals surface area contributed by atoms with E-state index in [1.165, 1.54) is 25.9 Å². The molecule has 0 fully saturated rings. The van der Waals surface area contributed by atoms with Crippen LogP contribution in [0.5, 0.6) is 23.0 Å². The Morgan fingerprint density at radius 1 is 0.818 bits per heavy atom. The van der Waals surface area contributed by atoms with Gasteiger partial charge in [0.15, 0.2) is 11.5 Å². The first-order valence-corrected chi connectivity index (χ1v) is 14.6. The molecule has 230 valence electrons. The first-order valence-electron chi connectivity index (χ1n) is 14.6. The van der Waals surface area contributed by atoms with Crippen LogP contribution in [0, 0.1) is 10.1 Å². The van der Waals surface area contributed by atoms with Crippen molar-refractivity contribution < 1.29 is 23.9 Å². The van der Waals surface area contributed by atoms with Gasteiger partial charge in [-0.15, -0.1) is 0 Å². The molecule has 0 aromatic heterocycles. The van der Waals surface area contributed by atoms with Crippen LogP contribution in [0.3, 0.4) is 0 Å². The highest BCUT2D eigenvalue weighted by atomic mass is 16.6. The zero-order valence-electron chi connectivity index (χ0n) is 26.2. The Labute approximate surface area is 259 Å². The molecule has 4 aromatic carbocycles. The summed E-state index contributed by atoms with van der Waals surface area (Å²) < 4.78 is 22.8. The maximum atomic E-state index is 11.8. The van der Waals surface area contributed by atoms with E-state index in [4.69, 9.17) is 18.9 Å². The van der Waals surface area contributed by atoms with Gasteiger partial charge in [-0.1, -0.05) is 61.5 Å². The van der Waals surface area contributed by atoms with Crippen LogP contribution in [0.2, 0.25) is 0 Å². The molecule has 0 heterocycles. The van der Waals surface area contributed by atoms with E-state index in [1.54, 1.807) is 13.0 Å². The summed E-state index contributed by atoms with van der Waals surface area (Å²) in [5, 5.41) is 11.8. The monoisotopic (exact) mass is 596 g/mol. The van der Waals surface area contributed by atoms with Crippen molar-refractivity contribution in [1.82, 2.24) is 4.90 Å². The first kappa shape index (κ1) is 32.1. The molecule has 0 aliphatic heterocycles. The predicted octanol–water partition coefficient (Wildman–Crippen LogP) is 8.06. The summed E-state index contributed by atoms with van der Waals surface area (Å²) in [7, 11) is 6.99. The summed E-state index contributed by atoms with van der Waals surface area (Å²) in [4.78, 5) is 13.5. The van der Waals surface area contributed by atoms with Crippen LogP contribution in [0.1, 0.15) is 48.6 Å². The lowest BCUT2D eigenvalue weighted by molar-refractivity contribution is -0.386. The lowest BCUT2D eigenvalue weighted by Crippen LogP contribution is -2.19. The third kappa shape index (κ3) is 7.76. The highest BCUT2D eigenvalue weighted by Crippen LogP contribution is 2.39. The van der Waals surface area contributed by atoms with Gasteiger partial charge < -0.3 is 23.8 Å². The van der Waals surface area contributed by atoms with Gasteiger partial charge >= 0.3 is 0 Å². The van der Waals surface area contributed by atoms with Crippen molar-refractivity contribution in [3.05, 3.63) is 123 Å². The number of nitro benzene ring substituents is 1. The number of hydrogen-bond acceptors (Lipinski definition) is 7. The van der Waals surface area contributed by atoms with Gasteiger partial charge in [0.1, 0.15) is 24.2 Å². The van der Waals surface area contributed by atoms with E-state index in [2.05, 4.69) is 48.2 Å². The molecule has 1 unspecified atom stereocenters. The quantitative estimate of drug-likeness (QED) is 0.0827. The van der Waals surface area contributed by atoms with E-state index < -0.39 is 11.0 Å². The average molecular weight is 597 g/mol. The molecule has 0 spiro atoms. The normalized spacial score (nSPS) is 12.3. The number of ether oxygens (including phenoxy) is 4. The Morgan fingerprint density at radius 3 is 1.91 bits per heavy atom. The van der Waals surface area contributed by atoms with Crippen molar-refractivity contribution in [2.24, 2.45) is 0 Å². The van der Waals surface area contributed by atoms with Crippen molar-refractivity contribution in [3.8, 4) is 23.0 Å². The number of nitro groups is 1. The van der Waals surface area contributed by atoms with Crippen LogP contribution in [0.25, 0.3) is 11.1 Å². The Hall–Kier alpha value is -4.82. The third-order valence-electron chi connectivity index (χ3n) is 7.35. The van der Waals surface area contributed by atoms with Crippen LogP contribution in [-0.2, 0) is 0 Å². The molecule has 44 heavy (non-hydrogen) atoms. The number of rotatable bonds is 14. The van der Waals surface area contributed by atoms with Crippen LogP contribution < -0.4 is 18.9 Å². The molecule has 0 saturated heterocycles. The Kier molecular flexibility index (Phi) is 11.0. The predicted molar refractivity (Wildman–Crippen MR) is 175 cm³/mol. The van der Waals surface area contributed by atoms with Crippen molar-refractivity contribution >= 4 is 16.8 Å². The maximum Gasteiger partial charge on any atom is 0.280 e. The van der Waals surface area contributed by atoms with Crippen molar-refractivity contribution in [1.29, 1.82) is 0 Å². The van der Waals surface area contributed by atoms with E-state index >= 15 is 0 Å². The summed E-state index contributed by atoms with van der Waals surface area (Å²) in [5.74, 6) is 2.11. The van der Waals surface area contributed by atoms with E-state index in [0.717, 1.165) is 41.0 Å². The van der Waals surface area contributed by atoms with Gasteiger partial charge in [-0.2, -0.15) is 0 Å². The van der Waals surface area contributed by atoms with Gasteiger partial charge in [0.05, 0.1) is 30.8 Å². The molecule has 1 atom stereocenters. The number of allylic oxidation sites excluding steroid dienone is 1. The largest absolute Gasteiger partial charge is 0.493 e. The molecule has 0 amide bonds. The fourth-order valence-electron chi connectivity index (χ4n) is 5.08. The summed E-state index contributed by atoms with van der Waals surface area (Å²) in [6.07, 6.45) is 0.213. The summed E-state index contributed by atoms with van der Waals surface area (Å²) in [5.41, 5.74) is 5.90. The van der Waals surface area contributed by atoms with Crippen molar-refractivity contribution in [2.45, 2.75) is 26.4 Å². The standard InChI is InChI=1S/C36H40N2O6/c1-7-31(26-11-9-8-10-12-26)36(27-13-17-29(18-14-27)43-22-21-37(3)4)28-15-19-30(20-16-28)44-25(2)32-23-34(41-5)35(42-6)24-33(32)38(39)40/h8-20,23-25H,7,21-22H2,1-6H3. The molecule has 0 bridgehead atoms. The minimum Gasteiger partial charge on any atom is -0.493 e. The van der Waals surface area contributed by atoms with E-state index in [0.29, 0.717) is 23.7 Å². The average Bonchev–Trinajstić information content (AvgIpc) is 3.04. The molecule has 0 N–H and O–H groups in total. The van der Waals surface area contributed by atoms with E-state index in [-0.39, 0.29) is 11.4 Å². The molecule has 4 rings (SSSR count). The fourth-order valence-corrected chi connectivity index (χ4v) is 5.08. The topological polar surface area (TPSA) is 83.3 Å². The molecular weight excluding hydrogens is 556 g/mol. The lowest BCUT2D eigenvalue weighted by Gasteiger charge is -2.19. The molecule has 8 heteroatoms. The van der Waals surface area contributed by atoms with Gasteiger partial charge in [-0.25, -0.2) is 0 Å². The molecule has 0 radical (unpaired) electrons. The molecule has 0 saturated carbocycles. The van der Waals surface area contributed by atoms with Crippen LogP contribution in [0.4, 0.5) is 5.69 Å². The SMILES string of the molecule is CCC(=C(c1ccc(OCCN(C)C)cc1)c1ccc(OC(C)c2cc(OC)c(OC)cc2[N+](=O)[O-])cc1)c1ccccc1. The van der Waals surface area contributed by atoms with Crippen molar-refractivity contribution in [2.75, 3.05) is 41.5 Å². The maximum absolute atomic E-state index is 11.8. The molecular formula is C36H40N2O6. The van der Waals surface area contributed by atoms with Gasteiger partial charge in [0.2, 0.25) is 0 Å². The Bertz CT molecular complexity index is 1570. The van der Waals surface area contributed by atoms with Crippen molar-refractivity contribution in [3.63, 3.8) is 0 Å². The van der Waals surface area contributed by atoms with Gasteiger partial charge in [0.25, 0.3) is 5.69 Å².